The second kappa shape index (κ2) is 5.59. The zero-order valence-corrected chi connectivity index (χ0v) is 10.3. The molecule has 90 valence electrons. The van der Waals surface area contributed by atoms with Gasteiger partial charge in [0.1, 0.15) is 0 Å². The van der Waals surface area contributed by atoms with Crippen LogP contribution < -0.4 is 5.32 Å². The van der Waals surface area contributed by atoms with Gasteiger partial charge in [0.15, 0.2) is 5.82 Å². The van der Waals surface area contributed by atoms with Gasteiger partial charge in [0.05, 0.1) is 5.69 Å². The number of rotatable bonds is 5. The second-order valence-electron chi connectivity index (χ2n) is 4.46. The molecule has 0 saturated carbocycles. The molecule has 2 heterocycles. The predicted octanol–water partition coefficient (Wildman–Crippen LogP) is 2.01. The molecule has 0 radical (unpaired) electrons. The van der Waals surface area contributed by atoms with Crippen molar-refractivity contribution in [3.05, 3.63) is 42.4 Å². The maximum Gasteiger partial charge on any atom is 0.153 e. The first-order valence-corrected chi connectivity index (χ1v) is 5.92. The van der Waals surface area contributed by atoms with Gasteiger partial charge >= 0.3 is 0 Å². The number of aromatic nitrogens is 3. The van der Waals surface area contributed by atoms with Gasteiger partial charge in [-0.1, -0.05) is 19.9 Å². The molecule has 0 unspecified atom stereocenters. The number of nitrogens with zero attached hydrogens (tertiary/aromatic N) is 3. The first-order chi connectivity index (χ1) is 8.25. The summed E-state index contributed by atoms with van der Waals surface area (Å²) >= 11 is 0. The van der Waals surface area contributed by atoms with Crippen LogP contribution in [0.2, 0.25) is 0 Å². The maximum atomic E-state index is 4.55. The summed E-state index contributed by atoms with van der Waals surface area (Å²) in [6.07, 6.45) is 3.65. The van der Waals surface area contributed by atoms with Gasteiger partial charge in [0.2, 0.25) is 0 Å². The number of pyridine rings is 1. The molecular formula is C13H18N4. The van der Waals surface area contributed by atoms with Gasteiger partial charge in [-0.05, 0) is 30.7 Å². The minimum absolute atomic E-state index is 0.657. The summed E-state index contributed by atoms with van der Waals surface area (Å²) in [6, 6.07) is 7.89. The third-order valence-electron chi connectivity index (χ3n) is 2.39. The normalized spacial score (nSPS) is 11.0. The summed E-state index contributed by atoms with van der Waals surface area (Å²) in [5.74, 6) is 1.52. The van der Waals surface area contributed by atoms with E-state index in [0.717, 1.165) is 24.6 Å². The van der Waals surface area contributed by atoms with Crippen molar-refractivity contribution in [2.45, 2.75) is 20.4 Å². The minimum atomic E-state index is 0.657. The van der Waals surface area contributed by atoms with E-state index < -0.39 is 0 Å². The van der Waals surface area contributed by atoms with Crippen molar-refractivity contribution in [2.75, 3.05) is 6.54 Å². The molecule has 0 saturated heterocycles. The Morgan fingerprint density at radius 3 is 2.88 bits per heavy atom. The van der Waals surface area contributed by atoms with Gasteiger partial charge < -0.3 is 5.32 Å². The minimum Gasteiger partial charge on any atom is -0.311 e. The van der Waals surface area contributed by atoms with Crippen LogP contribution in [0.1, 0.15) is 19.5 Å². The third kappa shape index (κ3) is 3.39. The van der Waals surface area contributed by atoms with E-state index in [1.54, 1.807) is 10.9 Å². The van der Waals surface area contributed by atoms with Crippen molar-refractivity contribution in [3.8, 4) is 5.82 Å². The first kappa shape index (κ1) is 11.8. The SMILES string of the molecule is CC(C)CNCc1cccc(-n2cccn2)n1. The van der Waals surface area contributed by atoms with Crippen molar-refractivity contribution < 1.29 is 0 Å². The van der Waals surface area contributed by atoms with Gasteiger partial charge in [-0.3, -0.25) is 0 Å². The van der Waals surface area contributed by atoms with Crippen LogP contribution in [0.4, 0.5) is 0 Å². The molecule has 2 aromatic rings. The number of hydrogen-bond acceptors (Lipinski definition) is 3. The van der Waals surface area contributed by atoms with Crippen LogP contribution in [-0.4, -0.2) is 21.3 Å². The Morgan fingerprint density at radius 1 is 1.29 bits per heavy atom. The largest absolute Gasteiger partial charge is 0.311 e. The lowest BCUT2D eigenvalue weighted by Crippen LogP contribution is -2.19. The standard InChI is InChI=1S/C13H18N4/c1-11(2)9-14-10-12-5-3-6-13(16-12)17-8-4-7-15-17/h3-8,11,14H,9-10H2,1-2H3. The average molecular weight is 230 g/mol. The van der Waals surface area contributed by atoms with E-state index in [0.29, 0.717) is 5.92 Å². The highest BCUT2D eigenvalue weighted by Crippen LogP contribution is 2.04. The molecule has 4 nitrogen and oxygen atoms in total. The highest BCUT2D eigenvalue weighted by Gasteiger charge is 2.00. The fourth-order valence-electron chi connectivity index (χ4n) is 1.59. The highest BCUT2D eigenvalue weighted by molar-refractivity contribution is 5.23. The van der Waals surface area contributed by atoms with E-state index >= 15 is 0 Å². The molecule has 0 aromatic carbocycles. The third-order valence-corrected chi connectivity index (χ3v) is 2.39. The zero-order chi connectivity index (χ0) is 12.1. The Morgan fingerprint density at radius 2 is 2.18 bits per heavy atom. The molecule has 0 spiro atoms. The van der Waals surface area contributed by atoms with Crippen LogP contribution in [0.25, 0.3) is 5.82 Å². The van der Waals surface area contributed by atoms with Gasteiger partial charge in [0.25, 0.3) is 0 Å². The monoisotopic (exact) mass is 230 g/mol. The summed E-state index contributed by atoms with van der Waals surface area (Å²) in [5, 5.41) is 7.55. The van der Waals surface area contributed by atoms with Gasteiger partial charge in [-0.15, -0.1) is 0 Å². The maximum absolute atomic E-state index is 4.55. The Balaban J connectivity index is 2.02. The molecule has 0 fully saturated rings. The lowest BCUT2D eigenvalue weighted by Gasteiger charge is -2.08. The van der Waals surface area contributed by atoms with Crippen LogP contribution in [0.3, 0.4) is 0 Å². The van der Waals surface area contributed by atoms with Gasteiger partial charge in [0, 0.05) is 18.9 Å². The summed E-state index contributed by atoms with van der Waals surface area (Å²) in [5.41, 5.74) is 1.04. The summed E-state index contributed by atoms with van der Waals surface area (Å²) < 4.78 is 1.77. The van der Waals surface area contributed by atoms with Crippen LogP contribution in [-0.2, 0) is 6.54 Å². The average Bonchev–Trinajstić information content (AvgIpc) is 2.82. The van der Waals surface area contributed by atoms with Gasteiger partial charge in [-0.25, -0.2) is 9.67 Å². The first-order valence-electron chi connectivity index (χ1n) is 5.92. The van der Waals surface area contributed by atoms with E-state index in [1.165, 1.54) is 0 Å². The molecule has 2 rings (SSSR count). The topological polar surface area (TPSA) is 42.7 Å². The Bertz CT molecular complexity index is 448. The smallest absolute Gasteiger partial charge is 0.153 e. The molecule has 0 bridgehead atoms. The van der Waals surface area contributed by atoms with Gasteiger partial charge in [-0.2, -0.15) is 5.10 Å². The molecule has 0 aliphatic carbocycles. The molecule has 4 heteroatoms. The Hall–Kier alpha value is -1.68. The molecule has 17 heavy (non-hydrogen) atoms. The molecule has 2 aromatic heterocycles. The van der Waals surface area contributed by atoms with Crippen LogP contribution in [0, 0.1) is 5.92 Å². The van der Waals surface area contributed by atoms with Crippen molar-refractivity contribution in [1.29, 1.82) is 0 Å². The van der Waals surface area contributed by atoms with E-state index in [4.69, 9.17) is 0 Å². The van der Waals surface area contributed by atoms with Crippen molar-refractivity contribution >= 4 is 0 Å². The quantitative estimate of drug-likeness (QED) is 0.854. The second-order valence-corrected chi connectivity index (χ2v) is 4.46. The van der Waals surface area contributed by atoms with Crippen LogP contribution in [0.5, 0.6) is 0 Å². The Kier molecular flexibility index (Phi) is 3.88. The zero-order valence-electron chi connectivity index (χ0n) is 10.3. The summed E-state index contributed by atoms with van der Waals surface area (Å²) in [7, 11) is 0. The van der Waals surface area contributed by atoms with Crippen molar-refractivity contribution in [1.82, 2.24) is 20.1 Å². The van der Waals surface area contributed by atoms with Crippen LogP contribution >= 0.6 is 0 Å². The number of nitrogens with one attached hydrogen (secondary N) is 1. The highest BCUT2D eigenvalue weighted by atomic mass is 15.3. The fraction of sp³-hybridized carbons (Fsp3) is 0.385. The fourth-order valence-corrected chi connectivity index (χ4v) is 1.59. The molecule has 0 aliphatic rings. The molecular weight excluding hydrogens is 212 g/mol. The van der Waals surface area contributed by atoms with Crippen molar-refractivity contribution in [2.24, 2.45) is 5.92 Å². The molecule has 0 aliphatic heterocycles. The predicted molar refractivity (Wildman–Crippen MR) is 67.9 cm³/mol. The lowest BCUT2D eigenvalue weighted by molar-refractivity contribution is 0.547. The summed E-state index contributed by atoms with van der Waals surface area (Å²) in [6.45, 7) is 6.20. The molecule has 0 amide bonds. The van der Waals surface area contributed by atoms with E-state index in [2.05, 4.69) is 29.2 Å². The van der Waals surface area contributed by atoms with E-state index in [-0.39, 0.29) is 0 Å². The molecule has 1 N–H and O–H groups in total. The Labute approximate surface area is 102 Å². The number of hydrogen-bond donors (Lipinski definition) is 1. The van der Waals surface area contributed by atoms with Crippen LogP contribution in [0.15, 0.2) is 36.7 Å². The van der Waals surface area contributed by atoms with Crippen molar-refractivity contribution in [3.63, 3.8) is 0 Å². The van der Waals surface area contributed by atoms with E-state index in [1.807, 2.05) is 30.5 Å². The lowest BCUT2D eigenvalue weighted by atomic mass is 10.2. The summed E-state index contributed by atoms with van der Waals surface area (Å²) in [4.78, 5) is 4.55. The van der Waals surface area contributed by atoms with E-state index in [9.17, 15) is 0 Å². The molecule has 0 atom stereocenters.